The van der Waals surface area contributed by atoms with Crippen LogP contribution in [0.4, 0.5) is 5.69 Å². The SMILES string of the molecule is Cc1ccc(Cl)cc1NC(=O)C[NH+]1CCOCC1. The first kappa shape index (κ1) is 13.3. The standard InChI is InChI=1S/C13H17ClN2O2/c1-10-2-3-11(14)8-12(10)15-13(17)9-16-4-6-18-7-5-16/h2-3,8H,4-7,9H2,1H3,(H,15,17)/p+1. The summed E-state index contributed by atoms with van der Waals surface area (Å²) in [5.74, 6) is 0.0252. The van der Waals surface area contributed by atoms with Gasteiger partial charge in [0.1, 0.15) is 13.1 Å². The maximum absolute atomic E-state index is 11.9. The van der Waals surface area contributed by atoms with E-state index in [2.05, 4.69) is 5.32 Å². The van der Waals surface area contributed by atoms with Gasteiger partial charge in [-0.2, -0.15) is 0 Å². The second-order valence-electron chi connectivity index (χ2n) is 4.55. The van der Waals surface area contributed by atoms with Gasteiger partial charge in [0, 0.05) is 10.7 Å². The first-order valence-electron chi connectivity index (χ1n) is 6.12. The van der Waals surface area contributed by atoms with Crippen molar-refractivity contribution in [3.05, 3.63) is 28.8 Å². The number of morpholine rings is 1. The summed E-state index contributed by atoms with van der Waals surface area (Å²) < 4.78 is 5.26. The molecule has 0 spiro atoms. The largest absolute Gasteiger partial charge is 0.370 e. The van der Waals surface area contributed by atoms with Gasteiger partial charge < -0.3 is 15.0 Å². The van der Waals surface area contributed by atoms with Crippen LogP contribution in [0.1, 0.15) is 5.56 Å². The molecule has 1 aliphatic rings. The first-order valence-corrected chi connectivity index (χ1v) is 6.50. The third-order valence-electron chi connectivity index (χ3n) is 3.08. The van der Waals surface area contributed by atoms with E-state index in [1.807, 2.05) is 19.1 Å². The van der Waals surface area contributed by atoms with Crippen LogP contribution in [0.2, 0.25) is 5.02 Å². The van der Waals surface area contributed by atoms with Gasteiger partial charge in [0.2, 0.25) is 0 Å². The zero-order valence-corrected chi connectivity index (χ0v) is 11.2. The van der Waals surface area contributed by atoms with Crippen LogP contribution >= 0.6 is 11.6 Å². The van der Waals surface area contributed by atoms with Crippen molar-refractivity contribution in [3.8, 4) is 0 Å². The number of anilines is 1. The van der Waals surface area contributed by atoms with Gasteiger partial charge in [0.05, 0.1) is 13.2 Å². The number of nitrogens with one attached hydrogen (secondary N) is 2. The lowest BCUT2D eigenvalue weighted by Crippen LogP contribution is -3.15. The molecule has 0 radical (unpaired) electrons. The van der Waals surface area contributed by atoms with Crippen LogP contribution in [-0.4, -0.2) is 38.8 Å². The monoisotopic (exact) mass is 269 g/mol. The Morgan fingerprint density at radius 2 is 2.17 bits per heavy atom. The Bertz CT molecular complexity index is 431. The second kappa shape index (κ2) is 6.18. The zero-order chi connectivity index (χ0) is 13.0. The number of benzene rings is 1. The van der Waals surface area contributed by atoms with E-state index in [0.717, 1.165) is 37.6 Å². The normalized spacial score (nSPS) is 16.6. The highest BCUT2D eigenvalue weighted by Gasteiger charge is 2.17. The molecule has 0 atom stereocenters. The predicted molar refractivity (Wildman–Crippen MR) is 71.2 cm³/mol. The van der Waals surface area contributed by atoms with Gasteiger partial charge in [-0.25, -0.2) is 0 Å². The molecule has 1 aromatic carbocycles. The van der Waals surface area contributed by atoms with Crippen LogP contribution in [-0.2, 0) is 9.53 Å². The van der Waals surface area contributed by atoms with Crippen molar-refractivity contribution < 1.29 is 14.4 Å². The molecule has 1 saturated heterocycles. The summed E-state index contributed by atoms with van der Waals surface area (Å²) in [7, 11) is 0. The molecule has 18 heavy (non-hydrogen) atoms. The average molecular weight is 270 g/mol. The maximum Gasteiger partial charge on any atom is 0.279 e. The van der Waals surface area contributed by atoms with Crippen LogP contribution in [0.3, 0.4) is 0 Å². The van der Waals surface area contributed by atoms with Crippen molar-refractivity contribution in [2.45, 2.75) is 6.92 Å². The molecule has 5 heteroatoms. The minimum absolute atomic E-state index is 0.0252. The van der Waals surface area contributed by atoms with Gasteiger partial charge in [-0.15, -0.1) is 0 Å². The van der Waals surface area contributed by atoms with E-state index in [-0.39, 0.29) is 5.91 Å². The Hall–Kier alpha value is -1.10. The summed E-state index contributed by atoms with van der Waals surface area (Å²) in [5, 5.41) is 3.55. The van der Waals surface area contributed by atoms with Gasteiger partial charge in [-0.1, -0.05) is 17.7 Å². The van der Waals surface area contributed by atoms with Crippen LogP contribution in [0.15, 0.2) is 18.2 Å². The van der Waals surface area contributed by atoms with Gasteiger partial charge in [-0.05, 0) is 24.6 Å². The van der Waals surface area contributed by atoms with Gasteiger partial charge in [0.25, 0.3) is 5.91 Å². The summed E-state index contributed by atoms with van der Waals surface area (Å²) in [5.41, 5.74) is 1.81. The highest BCUT2D eigenvalue weighted by Crippen LogP contribution is 2.19. The Balaban J connectivity index is 1.92. The lowest BCUT2D eigenvalue weighted by atomic mass is 10.2. The molecule has 98 valence electrons. The maximum atomic E-state index is 11.9. The van der Waals surface area contributed by atoms with Crippen LogP contribution in [0, 0.1) is 6.92 Å². The highest BCUT2D eigenvalue weighted by atomic mass is 35.5. The third-order valence-corrected chi connectivity index (χ3v) is 3.32. The number of carbonyl (C=O) groups excluding carboxylic acids is 1. The van der Waals surface area contributed by atoms with Crippen molar-refractivity contribution in [1.82, 2.24) is 0 Å². The molecule has 0 saturated carbocycles. The second-order valence-corrected chi connectivity index (χ2v) is 4.98. The van der Waals surface area contributed by atoms with Crippen LogP contribution in [0.5, 0.6) is 0 Å². The number of rotatable bonds is 3. The average Bonchev–Trinajstić information content (AvgIpc) is 2.35. The number of ether oxygens (including phenoxy) is 1. The molecular weight excluding hydrogens is 252 g/mol. The van der Waals surface area contributed by atoms with Crippen molar-refractivity contribution in [3.63, 3.8) is 0 Å². The topological polar surface area (TPSA) is 42.8 Å². The molecule has 1 amide bonds. The molecule has 0 unspecified atom stereocenters. The molecule has 1 fully saturated rings. The summed E-state index contributed by atoms with van der Waals surface area (Å²) >= 11 is 5.92. The summed E-state index contributed by atoms with van der Waals surface area (Å²) in [4.78, 5) is 13.2. The van der Waals surface area contributed by atoms with Crippen molar-refractivity contribution in [2.75, 3.05) is 38.2 Å². The minimum Gasteiger partial charge on any atom is -0.370 e. The molecule has 4 nitrogen and oxygen atoms in total. The Kier molecular flexibility index (Phi) is 4.58. The predicted octanol–water partition coefficient (Wildman–Crippen LogP) is 0.502. The molecule has 0 aromatic heterocycles. The zero-order valence-electron chi connectivity index (χ0n) is 10.5. The summed E-state index contributed by atoms with van der Waals surface area (Å²) in [6.07, 6.45) is 0. The number of hydrogen-bond acceptors (Lipinski definition) is 2. The van der Waals surface area contributed by atoms with E-state index in [1.54, 1.807) is 6.07 Å². The molecule has 1 aliphatic heterocycles. The lowest BCUT2D eigenvalue weighted by molar-refractivity contribution is -0.899. The number of aryl methyl sites for hydroxylation is 1. The molecule has 0 bridgehead atoms. The quantitative estimate of drug-likeness (QED) is 0.839. The fourth-order valence-corrected chi connectivity index (χ4v) is 2.16. The summed E-state index contributed by atoms with van der Waals surface area (Å²) in [6.45, 7) is 5.68. The van der Waals surface area contributed by atoms with Crippen molar-refractivity contribution in [2.24, 2.45) is 0 Å². The number of carbonyl (C=O) groups is 1. The lowest BCUT2D eigenvalue weighted by Gasteiger charge is -2.23. The van der Waals surface area contributed by atoms with E-state index in [4.69, 9.17) is 16.3 Å². The fourth-order valence-electron chi connectivity index (χ4n) is 1.99. The fraction of sp³-hybridized carbons (Fsp3) is 0.462. The van der Waals surface area contributed by atoms with E-state index in [1.165, 1.54) is 4.90 Å². The van der Waals surface area contributed by atoms with Gasteiger partial charge in [0.15, 0.2) is 6.54 Å². The van der Waals surface area contributed by atoms with Crippen molar-refractivity contribution >= 4 is 23.2 Å². The van der Waals surface area contributed by atoms with E-state index in [9.17, 15) is 4.79 Å². The molecule has 2 rings (SSSR count). The minimum atomic E-state index is 0.0252. The number of quaternary nitrogens is 1. The highest BCUT2D eigenvalue weighted by molar-refractivity contribution is 6.31. The van der Waals surface area contributed by atoms with Crippen LogP contribution < -0.4 is 10.2 Å². The van der Waals surface area contributed by atoms with Crippen LogP contribution in [0.25, 0.3) is 0 Å². The Labute approximate surface area is 112 Å². The molecule has 0 aliphatic carbocycles. The van der Waals surface area contributed by atoms with E-state index >= 15 is 0 Å². The van der Waals surface area contributed by atoms with E-state index < -0.39 is 0 Å². The number of halogens is 1. The number of amides is 1. The van der Waals surface area contributed by atoms with E-state index in [0.29, 0.717) is 11.6 Å². The number of hydrogen-bond donors (Lipinski definition) is 2. The molecule has 1 heterocycles. The van der Waals surface area contributed by atoms with Crippen molar-refractivity contribution in [1.29, 1.82) is 0 Å². The Morgan fingerprint density at radius 1 is 1.44 bits per heavy atom. The molecular formula is C13H18ClN2O2+. The molecule has 2 N–H and O–H groups in total. The van der Waals surface area contributed by atoms with Gasteiger partial charge in [-0.3, -0.25) is 4.79 Å². The molecule has 1 aromatic rings. The van der Waals surface area contributed by atoms with Gasteiger partial charge >= 0.3 is 0 Å². The Morgan fingerprint density at radius 3 is 2.89 bits per heavy atom. The first-order chi connectivity index (χ1) is 8.65. The summed E-state index contributed by atoms with van der Waals surface area (Å²) in [6, 6.07) is 5.50. The third kappa shape index (κ3) is 3.70. The smallest absolute Gasteiger partial charge is 0.279 e.